The molecule has 0 spiro atoms. The molecule has 5 aromatic rings. The Morgan fingerprint density at radius 1 is 0.719 bits per heavy atom. The van der Waals surface area contributed by atoms with Crippen molar-refractivity contribution in [3.05, 3.63) is 129 Å². The normalized spacial score (nSPS) is 17.7. The van der Waals surface area contributed by atoms with Gasteiger partial charge in [-0.2, -0.15) is 0 Å². The largest absolute Gasteiger partial charge is 0.493 e. The van der Waals surface area contributed by atoms with Crippen LogP contribution in [0.25, 0.3) is 0 Å². The van der Waals surface area contributed by atoms with E-state index >= 15 is 0 Å². The first kappa shape index (κ1) is 38.6. The number of rotatable bonds is 10. The van der Waals surface area contributed by atoms with Crippen LogP contribution < -0.4 is 28.4 Å². The monoisotopic (exact) mass is 772 g/mol. The van der Waals surface area contributed by atoms with Gasteiger partial charge in [-0.25, -0.2) is 0 Å². The molecule has 4 heterocycles. The Morgan fingerprint density at radius 3 is 2.21 bits per heavy atom. The van der Waals surface area contributed by atoms with Gasteiger partial charge in [0.05, 0.1) is 41.2 Å². The molecule has 10 nitrogen and oxygen atoms in total. The van der Waals surface area contributed by atoms with Crippen LogP contribution in [0.4, 0.5) is 0 Å². The molecule has 0 aliphatic carbocycles. The summed E-state index contributed by atoms with van der Waals surface area (Å²) in [5.41, 5.74) is 8.44. The van der Waals surface area contributed by atoms with Gasteiger partial charge in [0.1, 0.15) is 23.9 Å². The van der Waals surface area contributed by atoms with E-state index in [2.05, 4.69) is 60.3 Å². The lowest BCUT2D eigenvalue weighted by Gasteiger charge is -2.38. The molecule has 10 heteroatoms. The Balaban J connectivity index is 1.28. The molecule has 57 heavy (non-hydrogen) atoms. The van der Waals surface area contributed by atoms with Gasteiger partial charge in [0.15, 0.2) is 23.0 Å². The minimum absolute atomic E-state index is 0.0981. The summed E-state index contributed by atoms with van der Waals surface area (Å²) in [5, 5.41) is 10.8. The highest BCUT2D eigenvalue weighted by Crippen LogP contribution is 2.53. The van der Waals surface area contributed by atoms with Crippen molar-refractivity contribution in [2.75, 3.05) is 61.7 Å². The highest BCUT2D eigenvalue weighted by atomic mass is 16.5. The van der Waals surface area contributed by atoms with E-state index < -0.39 is 0 Å². The molecular formula is C47H52N2O8. The lowest BCUT2D eigenvalue weighted by molar-refractivity contribution is 0.0862. The lowest BCUT2D eigenvalue weighted by Crippen LogP contribution is -2.35. The number of hydrogen-bond donors (Lipinski definition) is 1. The minimum Gasteiger partial charge on any atom is -0.493 e. The van der Waals surface area contributed by atoms with Crippen molar-refractivity contribution < 1.29 is 38.3 Å². The molecule has 4 aliphatic rings. The molecule has 0 saturated carbocycles. The van der Waals surface area contributed by atoms with Crippen molar-refractivity contribution in [3.63, 3.8) is 0 Å². The Morgan fingerprint density at radius 2 is 1.46 bits per heavy atom. The fourth-order valence-electron chi connectivity index (χ4n) is 8.62. The topological polar surface area (TPSA) is 91.3 Å². The third-order valence-electron chi connectivity index (χ3n) is 11.7. The van der Waals surface area contributed by atoms with Crippen LogP contribution in [-0.2, 0) is 43.6 Å². The van der Waals surface area contributed by atoms with Gasteiger partial charge in [-0.15, -0.1) is 0 Å². The van der Waals surface area contributed by atoms with Crippen molar-refractivity contribution in [2.24, 2.45) is 0 Å². The summed E-state index contributed by atoms with van der Waals surface area (Å²) >= 11 is 0. The zero-order chi connectivity index (χ0) is 39.5. The number of para-hydroxylation sites is 1. The van der Waals surface area contributed by atoms with Gasteiger partial charge in [0.25, 0.3) is 0 Å². The van der Waals surface area contributed by atoms with Crippen LogP contribution in [0, 0.1) is 0 Å². The SMILES string of the molecule is COc1ccc2cc1Oc1ccc(cc1)C[C@H]1c3cc(c(CO)cc3CCN1C)Oc1c(OC)c(OC)c(COCCOc3ccccc3)c3c1[C@H](C2)N(C)CC3. The van der Waals surface area contributed by atoms with Crippen molar-refractivity contribution in [1.29, 1.82) is 0 Å². The fraction of sp³-hybridized carbons (Fsp3) is 0.362. The predicted molar refractivity (Wildman–Crippen MR) is 219 cm³/mol. The number of aliphatic hydroxyl groups is 1. The van der Waals surface area contributed by atoms with E-state index in [0.29, 0.717) is 60.7 Å². The summed E-state index contributed by atoms with van der Waals surface area (Å²) in [5.74, 6) is 5.09. The van der Waals surface area contributed by atoms with Crippen LogP contribution in [-0.4, -0.2) is 76.6 Å². The number of benzene rings is 5. The molecule has 4 aliphatic heterocycles. The molecule has 0 amide bonds. The van der Waals surface area contributed by atoms with E-state index in [1.165, 1.54) is 16.7 Å². The summed E-state index contributed by atoms with van der Waals surface area (Å²) in [6.45, 7) is 2.64. The first-order valence-corrected chi connectivity index (χ1v) is 19.7. The quantitative estimate of drug-likeness (QED) is 0.140. The van der Waals surface area contributed by atoms with Gasteiger partial charge in [-0.3, -0.25) is 9.80 Å². The number of nitrogens with zero attached hydrogens (tertiary/aromatic N) is 2. The maximum absolute atomic E-state index is 10.8. The van der Waals surface area contributed by atoms with E-state index in [1.807, 2.05) is 48.5 Å². The third kappa shape index (κ3) is 7.87. The smallest absolute Gasteiger partial charge is 0.204 e. The molecule has 9 rings (SSSR count). The fourth-order valence-corrected chi connectivity index (χ4v) is 8.62. The molecule has 6 bridgehead atoms. The highest BCUT2D eigenvalue weighted by Gasteiger charge is 2.37. The molecule has 0 saturated heterocycles. The lowest BCUT2D eigenvalue weighted by atomic mass is 9.84. The Bertz CT molecular complexity index is 2190. The van der Waals surface area contributed by atoms with Gasteiger partial charge in [-0.05, 0) is 116 Å². The summed E-state index contributed by atoms with van der Waals surface area (Å²) in [6.07, 6.45) is 3.07. The van der Waals surface area contributed by atoms with Crippen molar-refractivity contribution >= 4 is 0 Å². The van der Waals surface area contributed by atoms with Crippen LogP contribution in [0.15, 0.2) is 84.9 Å². The molecule has 1 N–H and O–H groups in total. The van der Waals surface area contributed by atoms with Crippen LogP contribution in [0.5, 0.6) is 46.0 Å². The number of methoxy groups -OCH3 is 3. The molecule has 0 radical (unpaired) electrons. The Labute approximate surface area is 335 Å². The maximum Gasteiger partial charge on any atom is 0.204 e. The van der Waals surface area contributed by atoms with Crippen LogP contribution in [0.3, 0.4) is 0 Å². The Kier molecular flexibility index (Phi) is 11.6. The van der Waals surface area contributed by atoms with E-state index in [4.69, 9.17) is 33.2 Å². The molecular weight excluding hydrogens is 721 g/mol. The number of ether oxygens (including phenoxy) is 7. The van der Waals surface area contributed by atoms with E-state index in [9.17, 15) is 5.11 Å². The summed E-state index contributed by atoms with van der Waals surface area (Å²) in [6, 6.07) is 28.5. The number of likely N-dealkylation sites (N-methyl/N-ethyl adjacent to an activating group) is 2. The number of fused-ring (bicyclic) bond motifs is 2. The molecule has 2 atom stereocenters. The minimum atomic E-state index is -0.166. The van der Waals surface area contributed by atoms with E-state index in [-0.39, 0.29) is 18.7 Å². The number of hydrogen-bond acceptors (Lipinski definition) is 10. The molecule has 5 aromatic carbocycles. The van der Waals surface area contributed by atoms with Gasteiger partial charge in [0, 0.05) is 41.9 Å². The molecule has 0 unspecified atom stereocenters. The van der Waals surface area contributed by atoms with E-state index in [0.717, 1.165) is 71.7 Å². The first-order chi connectivity index (χ1) is 27.9. The van der Waals surface area contributed by atoms with Crippen molar-refractivity contribution in [3.8, 4) is 46.0 Å². The van der Waals surface area contributed by atoms with Crippen molar-refractivity contribution in [1.82, 2.24) is 9.80 Å². The van der Waals surface area contributed by atoms with Crippen molar-refractivity contribution in [2.45, 2.75) is 51.0 Å². The zero-order valence-electron chi connectivity index (χ0n) is 33.5. The second kappa shape index (κ2) is 17.1. The second-order valence-corrected chi connectivity index (χ2v) is 15.0. The average Bonchev–Trinajstić information content (AvgIpc) is 3.23. The van der Waals surface area contributed by atoms with Crippen LogP contribution in [0.2, 0.25) is 0 Å². The third-order valence-corrected chi connectivity index (χ3v) is 11.7. The van der Waals surface area contributed by atoms with Gasteiger partial charge in [-0.1, -0.05) is 36.4 Å². The highest BCUT2D eigenvalue weighted by molar-refractivity contribution is 5.67. The molecule has 0 aromatic heterocycles. The average molecular weight is 773 g/mol. The number of aliphatic hydroxyl groups excluding tert-OH is 1. The summed E-state index contributed by atoms with van der Waals surface area (Å²) in [7, 11) is 9.31. The van der Waals surface area contributed by atoms with Gasteiger partial charge >= 0.3 is 0 Å². The second-order valence-electron chi connectivity index (χ2n) is 15.0. The summed E-state index contributed by atoms with van der Waals surface area (Å²) < 4.78 is 44.2. The first-order valence-electron chi connectivity index (χ1n) is 19.7. The summed E-state index contributed by atoms with van der Waals surface area (Å²) in [4.78, 5) is 4.77. The Hall–Kier alpha value is -5.26. The van der Waals surface area contributed by atoms with Crippen LogP contribution >= 0.6 is 0 Å². The zero-order valence-corrected chi connectivity index (χ0v) is 33.5. The van der Waals surface area contributed by atoms with Gasteiger partial charge < -0.3 is 38.3 Å². The van der Waals surface area contributed by atoms with Gasteiger partial charge in [0.2, 0.25) is 5.75 Å². The standard InChI is InChI=1S/C47H52N2O8/c1-48-19-17-32-26-33(28-50)42-27-37(32)39(48)23-30-11-14-35(15-12-30)56-43-25-31(13-16-41(43)51-3)24-40-44-36(18-20-49(40)2)38(45(52-4)47(53-5)46(44)57-42)29-54-21-22-55-34-9-7-6-8-10-34/h6-16,25-27,39-40,50H,17-24,28-29H2,1-5H3/t39-,40-/m0/s1. The molecule has 0 fully saturated rings. The van der Waals surface area contributed by atoms with E-state index in [1.54, 1.807) is 21.3 Å². The van der Waals surface area contributed by atoms with Crippen LogP contribution in [0.1, 0.15) is 56.6 Å². The molecule has 298 valence electrons. The maximum atomic E-state index is 10.8. The predicted octanol–water partition coefficient (Wildman–Crippen LogP) is 8.24.